The van der Waals surface area contributed by atoms with Crippen LogP contribution in [0.25, 0.3) is 0 Å². The Labute approximate surface area is 127 Å². The summed E-state index contributed by atoms with van der Waals surface area (Å²) in [7, 11) is 0. The van der Waals surface area contributed by atoms with Gasteiger partial charge < -0.3 is 15.5 Å². The molecule has 1 saturated heterocycles. The maximum atomic E-state index is 13.6. The first-order valence-electron chi connectivity index (χ1n) is 6.69. The SMILES string of the molecule is CC(=O)NC1CCN(C(=O)NCc2ccc(Cl)cc2F)C1. The lowest BCUT2D eigenvalue weighted by Gasteiger charge is -2.17. The first kappa shape index (κ1) is 15.6. The van der Waals surface area contributed by atoms with E-state index in [0.717, 1.165) is 6.42 Å². The number of hydrogen-bond donors (Lipinski definition) is 2. The van der Waals surface area contributed by atoms with Crippen LogP contribution in [0.5, 0.6) is 0 Å². The third-order valence-corrected chi connectivity index (χ3v) is 3.56. The number of nitrogens with one attached hydrogen (secondary N) is 2. The number of rotatable bonds is 3. The second kappa shape index (κ2) is 6.76. The molecule has 1 heterocycles. The van der Waals surface area contributed by atoms with Gasteiger partial charge in [-0.2, -0.15) is 0 Å². The molecule has 114 valence electrons. The molecule has 0 saturated carbocycles. The number of amides is 3. The molecule has 1 fully saturated rings. The lowest BCUT2D eigenvalue weighted by Crippen LogP contribution is -2.41. The Morgan fingerprint density at radius 3 is 2.90 bits per heavy atom. The van der Waals surface area contributed by atoms with Crippen LogP contribution in [0.1, 0.15) is 18.9 Å². The molecule has 1 aliphatic rings. The third kappa shape index (κ3) is 4.32. The lowest BCUT2D eigenvalue weighted by atomic mass is 10.2. The van der Waals surface area contributed by atoms with Crippen molar-refractivity contribution in [3.05, 3.63) is 34.6 Å². The first-order chi connectivity index (χ1) is 9.95. The molecule has 0 aromatic heterocycles. The van der Waals surface area contributed by atoms with Crippen LogP contribution in [0, 0.1) is 5.82 Å². The van der Waals surface area contributed by atoms with E-state index in [-0.39, 0.29) is 24.5 Å². The number of hydrogen-bond acceptors (Lipinski definition) is 2. The molecule has 1 aromatic rings. The van der Waals surface area contributed by atoms with Crippen molar-refractivity contribution < 1.29 is 14.0 Å². The normalized spacial score (nSPS) is 17.7. The highest BCUT2D eigenvalue weighted by atomic mass is 35.5. The standard InChI is InChI=1S/C14H17ClFN3O2/c1-9(20)18-12-4-5-19(8-12)14(21)17-7-10-2-3-11(15)6-13(10)16/h2-3,6,12H,4-5,7-8H2,1H3,(H,17,21)(H,18,20). The zero-order valence-corrected chi connectivity index (χ0v) is 12.4. The fraction of sp³-hybridized carbons (Fsp3) is 0.429. The molecule has 1 aromatic carbocycles. The molecule has 0 aliphatic carbocycles. The molecular formula is C14H17ClFN3O2. The molecule has 0 spiro atoms. The first-order valence-corrected chi connectivity index (χ1v) is 7.07. The van der Waals surface area contributed by atoms with Gasteiger partial charge in [0.25, 0.3) is 0 Å². The molecule has 3 amide bonds. The second-order valence-corrected chi connectivity index (χ2v) is 5.46. The van der Waals surface area contributed by atoms with Crippen LogP contribution in [0.2, 0.25) is 5.02 Å². The zero-order chi connectivity index (χ0) is 15.4. The van der Waals surface area contributed by atoms with Crippen molar-refractivity contribution in [3.63, 3.8) is 0 Å². The van der Waals surface area contributed by atoms with Crippen molar-refractivity contribution >= 4 is 23.5 Å². The Balaban J connectivity index is 1.84. The number of nitrogens with zero attached hydrogens (tertiary/aromatic N) is 1. The Morgan fingerprint density at radius 1 is 1.48 bits per heavy atom. The summed E-state index contributed by atoms with van der Waals surface area (Å²) in [5, 5.41) is 5.77. The van der Waals surface area contributed by atoms with Gasteiger partial charge in [0.05, 0.1) is 0 Å². The smallest absolute Gasteiger partial charge is 0.317 e. The predicted octanol–water partition coefficient (Wildman–Crippen LogP) is 1.90. The minimum Gasteiger partial charge on any atom is -0.352 e. The zero-order valence-electron chi connectivity index (χ0n) is 11.7. The van der Waals surface area contributed by atoms with E-state index in [0.29, 0.717) is 23.7 Å². The minimum absolute atomic E-state index is 0.0134. The summed E-state index contributed by atoms with van der Waals surface area (Å²) < 4.78 is 13.6. The average molecular weight is 314 g/mol. The number of benzene rings is 1. The van der Waals surface area contributed by atoms with Gasteiger partial charge in [-0.3, -0.25) is 4.79 Å². The Bertz CT molecular complexity index is 553. The molecule has 21 heavy (non-hydrogen) atoms. The largest absolute Gasteiger partial charge is 0.352 e. The topological polar surface area (TPSA) is 61.4 Å². The molecule has 2 rings (SSSR count). The number of urea groups is 1. The van der Waals surface area contributed by atoms with Gasteiger partial charge >= 0.3 is 6.03 Å². The van der Waals surface area contributed by atoms with E-state index in [1.54, 1.807) is 17.0 Å². The summed E-state index contributed by atoms with van der Waals surface area (Å²) in [4.78, 5) is 24.6. The van der Waals surface area contributed by atoms with Gasteiger partial charge in [-0.1, -0.05) is 17.7 Å². The van der Waals surface area contributed by atoms with Crippen LogP contribution in [-0.4, -0.2) is 36.0 Å². The van der Waals surface area contributed by atoms with Gasteiger partial charge in [0, 0.05) is 43.2 Å². The van der Waals surface area contributed by atoms with Crippen LogP contribution in [0.15, 0.2) is 18.2 Å². The van der Waals surface area contributed by atoms with Gasteiger partial charge in [-0.25, -0.2) is 9.18 Å². The molecule has 0 radical (unpaired) electrons. The van der Waals surface area contributed by atoms with Gasteiger partial charge in [-0.05, 0) is 18.6 Å². The van der Waals surface area contributed by atoms with Crippen molar-refractivity contribution in [1.29, 1.82) is 0 Å². The summed E-state index contributed by atoms with van der Waals surface area (Å²) in [5.41, 5.74) is 0.380. The Kier molecular flexibility index (Phi) is 5.01. The highest BCUT2D eigenvalue weighted by Gasteiger charge is 2.26. The molecule has 2 N–H and O–H groups in total. The van der Waals surface area contributed by atoms with Crippen molar-refractivity contribution in [1.82, 2.24) is 15.5 Å². The van der Waals surface area contributed by atoms with Crippen molar-refractivity contribution in [3.8, 4) is 0 Å². The predicted molar refractivity (Wildman–Crippen MR) is 77.4 cm³/mol. The van der Waals surface area contributed by atoms with Crippen LogP contribution in [-0.2, 0) is 11.3 Å². The molecule has 1 atom stereocenters. The molecule has 0 bridgehead atoms. The van der Waals surface area contributed by atoms with Crippen LogP contribution in [0.4, 0.5) is 9.18 Å². The Morgan fingerprint density at radius 2 is 2.24 bits per heavy atom. The highest BCUT2D eigenvalue weighted by Crippen LogP contribution is 2.15. The van der Waals surface area contributed by atoms with Gasteiger partial charge in [0.15, 0.2) is 0 Å². The van der Waals surface area contributed by atoms with E-state index in [1.807, 2.05) is 0 Å². The number of halogens is 2. The second-order valence-electron chi connectivity index (χ2n) is 5.03. The van der Waals surface area contributed by atoms with Crippen LogP contribution < -0.4 is 10.6 Å². The van der Waals surface area contributed by atoms with E-state index in [9.17, 15) is 14.0 Å². The van der Waals surface area contributed by atoms with E-state index in [4.69, 9.17) is 11.6 Å². The van der Waals surface area contributed by atoms with Gasteiger partial charge in [0.1, 0.15) is 5.82 Å². The van der Waals surface area contributed by atoms with Crippen molar-refractivity contribution in [2.24, 2.45) is 0 Å². The van der Waals surface area contributed by atoms with E-state index >= 15 is 0 Å². The maximum Gasteiger partial charge on any atom is 0.317 e. The van der Waals surface area contributed by atoms with Crippen molar-refractivity contribution in [2.45, 2.75) is 25.9 Å². The van der Waals surface area contributed by atoms with E-state index in [2.05, 4.69) is 10.6 Å². The molecule has 7 heteroatoms. The quantitative estimate of drug-likeness (QED) is 0.895. The van der Waals surface area contributed by atoms with E-state index in [1.165, 1.54) is 13.0 Å². The minimum atomic E-state index is -0.444. The summed E-state index contributed by atoms with van der Waals surface area (Å²) in [5.74, 6) is -0.550. The summed E-state index contributed by atoms with van der Waals surface area (Å²) in [6.45, 7) is 2.59. The Hall–Kier alpha value is -1.82. The van der Waals surface area contributed by atoms with E-state index < -0.39 is 5.82 Å². The fourth-order valence-electron chi connectivity index (χ4n) is 2.30. The monoisotopic (exact) mass is 313 g/mol. The molecule has 5 nitrogen and oxygen atoms in total. The summed E-state index contributed by atoms with van der Waals surface area (Å²) in [6, 6.07) is 4.06. The molecule has 1 aliphatic heterocycles. The van der Waals surface area contributed by atoms with Gasteiger partial charge in [0.2, 0.25) is 5.91 Å². The van der Waals surface area contributed by atoms with Gasteiger partial charge in [-0.15, -0.1) is 0 Å². The summed E-state index contributed by atoms with van der Waals surface area (Å²) in [6.07, 6.45) is 0.725. The number of carbonyl (C=O) groups is 2. The highest BCUT2D eigenvalue weighted by molar-refractivity contribution is 6.30. The average Bonchev–Trinajstić information content (AvgIpc) is 2.85. The number of likely N-dealkylation sites (tertiary alicyclic amines) is 1. The van der Waals surface area contributed by atoms with Crippen molar-refractivity contribution in [2.75, 3.05) is 13.1 Å². The summed E-state index contributed by atoms with van der Waals surface area (Å²) >= 11 is 5.67. The third-order valence-electron chi connectivity index (χ3n) is 3.33. The van der Waals surface area contributed by atoms with Crippen LogP contribution >= 0.6 is 11.6 Å². The lowest BCUT2D eigenvalue weighted by molar-refractivity contribution is -0.119. The molecule has 1 unspecified atom stereocenters. The number of carbonyl (C=O) groups excluding carboxylic acids is 2. The maximum absolute atomic E-state index is 13.6. The van der Waals surface area contributed by atoms with Crippen LogP contribution in [0.3, 0.4) is 0 Å². The fourth-order valence-corrected chi connectivity index (χ4v) is 2.46. The molecular weight excluding hydrogens is 297 g/mol.